The lowest BCUT2D eigenvalue weighted by atomic mass is 9.80. The summed E-state index contributed by atoms with van der Waals surface area (Å²) in [4.78, 5) is 7.27. The van der Waals surface area contributed by atoms with Gasteiger partial charge in [-0.3, -0.25) is 4.90 Å². The molecule has 1 aromatic rings. The molecule has 0 radical (unpaired) electrons. The maximum atomic E-state index is 9.66. The molecule has 5 nitrogen and oxygen atoms in total. The van der Waals surface area contributed by atoms with Crippen molar-refractivity contribution in [2.24, 2.45) is 16.8 Å². The van der Waals surface area contributed by atoms with Gasteiger partial charge in [0, 0.05) is 32.2 Å². The van der Waals surface area contributed by atoms with Gasteiger partial charge >= 0.3 is 0 Å². The third-order valence-electron chi connectivity index (χ3n) is 6.81. The molecule has 0 atom stereocenters. The molecule has 3 rings (SSSR count). The molecule has 2 fully saturated rings. The molecule has 3 N–H and O–H groups in total. The molecule has 176 valence electrons. The van der Waals surface area contributed by atoms with Crippen LogP contribution in [-0.2, 0) is 13.1 Å². The molecular weight excluding hydrogens is 499 g/mol. The minimum Gasteiger partial charge on any atom is -0.393 e. The van der Waals surface area contributed by atoms with Crippen molar-refractivity contribution in [3.63, 3.8) is 0 Å². The second-order valence-corrected chi connectivity index (χ2v) is 9.52. The Bertz CT molecular complexity index is 648. The van der Waals surface area contributed by atoms with E-state index < -0.39 is 0 Å². The van der Waals surface area contributed by atoms with Crippen LogP contribution in [0.25, 0.3) is 0 Å². The Morgan fingerprint density at radius 2 is 1.65 bits per heavy atom. The van der Waals surface area contributed by atoms with Gasteiger partial charge in [0.15, 0.2) is 5.96 Å². The normalized spacial score (nSPS) is 23.5. The van der Waals surface area contributed by atoms with Crippen LogP contribution < -0.4 is 10.6 Å². The molecule has 0 amide bonds. The maximum Gasteiger partial charge on any atom is 0.191 e. The minimum absolute atomic E-state index is 0. The van der Waals surface area contributed by atoms with E-state index >= 15 is 0 Å². The summed E-state index contributed by atoms with van der Waals surface area (Å²) < 4.78 is 0. The van der Waals surface area contributed by atoms with Crippen LogP contribution in [0.1, 0.15) is 70.4 Å². The molecule has 31 heavy (non-hydrogen) atoms. The number of hydrogen-bond acceptors (Lipinski definition) is 3. The van der Waals surface area contributed by atoms with Crippen molar-refractivity contribution >= 4 is 29.9 Å². The van der Waals surface area contributed by atoms with Crippen molar-refractivity contribution in [3.8, 4) is 0 Å². The van der Waals surface area contributed by atoms with Gasteiger partial charge in [0.2, 0.25) is 0 Å². The topological polar surface area (TPSA) is 59.9 Å². The van der Waals surface area contributed by atoms with E-state index in [2.05, 4.69) is 60.6 Å². The first-order valence-electron chi connectivity index (χ1n) is 12.1. The van der Waals surface area contributed by atoms with E-state index in [0.717, 1.165) is 56.8 Å². The molecular formula is C25H43IN4O. The van der Waals surface area contributed by atoms with Gasteiger partial charge in [-0.25, -0.2) is 4.99 Å². The first-order chi connectivity index (χ1) is 14.5. The molecule has 0 bridgehead atoms. The summed E-state index contributed by atoms with van der Waals surface area (Å²) in [5.74, 6) is 2.63. The summed E-state index contributed by atoms with van der Waals surface area (Å²) in [7, 11) is 0. The van der Waals surface area contributed by atoms with Crippen LogP contribution >= 0.6 is 24.0 Å². The highest BCUT2D eigenvalue weighted by Gasteiger charge is 2.23. The SMILES string of the molecule is CCNC(=NCc1ccc(CN2CCC(O)CC2)cc1)NC1CCC(C(C)C)CC1.I. The first-order valence-corrected chi connectivity index (χ1v) is 12.1. The molecule has 0 unspecified atom stereocenters. The van der Waals surface area contributed by atoms with Crippen molar-refractivity contribution in [2.45, 2.75) is 84.5 Å². The number of aliphatic hydroxyl groups excluding tert-OH is 1. The molecule has 1 saturated carbocycles. The molecule has 0 aromatic heterocycles. The molecule has 2 aliphatic rings. The van der Waals surface area contributed by atoms with E-state index in [9.17, 15) is 5.11 Å². The molecule has 1 aliphatic heterocycles. The number of halogens is 1. The Balaban J connectivity index is 0.00000341. The van der Waals surface area contributed by atoms with Crippen LogP contribution in [0.4, 0.5) is 0 Å². The summed E-state index contributed by atoms with van der Waals surface area (Å²) in [6.07, 6.45) is 6.83. The number of aliphatic hydroxyl groups is 1. The van der Waals surface area contributed by atoms with Gasteiger partial charge in [-0.1, -0.05) is 38.1 Å². The molecule has 0 spiro atoms. The summed E-state index contributed by atoms with van der Waals surface area (Å²) >= 11 is 0. The number of likely N-dealkylation sites (tertiary alicyclic amines) is 1. The van der Waals surface area contributed by atoms with Crippen molar-refractivity contribution in [2.75, 3.05) is 19.6 Å². The average Bonchev–Trinajstić information content (AvgIpc) is 2.75. The quantitative estimate of drug-likeness (QED) is 0.269. The summed E-state index contributed by atoms with van der Waals surface area (Å²) in [5.41, 5.74) is 2.58. The van der Waals surface area contributed by atoms with Crippen molar-refractivity contribution in [1.82, 2.24) is 15.5 Å². The molecule has 1 saturated heterocycles. The van der Waals surface area contributed by atoms with Gasteiger partial charge in [-0.2, -0.15) is 0 Å². The van der Waals surface area contributed by atoms with E-state index in [4.69, 9.17) is 4.99 Å². The molecule has 1 aromatic carbocycles. The van der Waals surface area contributed by atoms with Crippen LogP contribution in [-0.4, -0.2) is 47.7 Å². The van der Waals surface area contributed by atoms with Crippen molar-refractivity contribution in [3.05, 3.63) is 35.4 Å². The second kappa shape index (κ2) is 13.6. The molecule has 6 heteroatoms. The highest BCUT2D eigenvalue weighted by Crippen LogP contribution is 2.29. The Morgan fingerprint density at radius 3 is 2.23 bits per heavy atom. The maximum absolute atomic E-state index is 9.66. The first kappa shape index (κ1) is 26.4. The van der Waals surface area contributed by atoms with E-state index in [1.54, 1.807) is 0 Å². The third-order valence-corrected chi connectivity index (χ3v) is 6.81. The van der Waals surface area contributed by atoms with Gasteiger partial charge < -0.3 is 15.7 Å². The number of rotatable bonds is 7. The van der Waals surface area contributed by atoms with Crippen LogP contribution in [0.15, 0.2) is 29.3 Å². The zero-order valence-corrected chi connectivity index (χ0v) is 22.0. The van der Waals surface area contributed by atoms with Crippen LogP contribution in [0.5, 0.6) is 0 Å². The molecule has 1 aliphatic carbocycles. The van der Waals surface area contributed by atoms with Crippen molar-refractivity contribution < 1.29 is 5.11 Å². The zero-order valence-electron chi connectivity index (χ0n) is 19.6. The van der Waals surface area contributed by atoms with Gasteiger partial charge in [0.25, 0.3) is 0 Å². The fraction of sp³-hybridized carbons (Fsp3) is 0.720. The van der Waals surface area contributed by atoms with Crippen LogP contribution in [0.3, 0.4) is 0 Å². The largest absolute Gasteiger partial charge is 0.393 e. The van der Waals surface area contributed by atoms with Crippen molar-refractivity contribution in [1.29, 1.82) is 0 Å². The number of benzene rings is 1. The lowest BCUT2D eigenvalue weighted by Crippen LogP contribution is -2.45. The predicted molar refractivity (Wildman–Crippen MR) is 141 cm³/mol. The smallest absolute Gasteiger partial charge is 0.191 e. The average molecular weight is 543 g/mol. The number of piperidine rings is 1. The minimum atomic E-state index is -0.105. The van der Waals surface area contributed by atoms with Gasteiger partial charge in [-0.15, -0.1) is 24.0 Å². The molecule has 1 heterocycles. The number of aliphatic imine (C=N–C) groups is 1. The van der Waals surface area contributed by atoms with E-state index in [-0.39, 0.29) is 30.1 Å². The third kappa shape index (κ3) is 8.89. The number of nitrogens with one attached hydrogen (secondary N) is 2. The number of guanidine groups is 1. The van der Waals surface area contributed by atoms with Gasteiger partial charge in [0.1, 0.15) is 0 Å². The lowest BCUT2D eigenvalue weighted by Gasteiger charge is -2.32. The summed E-state index contributed by atoms with van der Waals surface area (Å²) in [6, 6.07) is 9.40. The standard InChI is InChI=1S/C25H42N4O.HI/c1-4-26-25(28-23-11-9-22(10-12-23)19(2)3)27-17-20-5-7-21(8-6-20)18-29-15-13-24(30)14-16-29;/h5-8,19,22-24,30H,4,9-18H2,1-3H3,(H2,26,27,28);1H. The Kier molecular flexibility index (Phi) is 11.6. The fourth-order valence-corrected chi connectivity index (χ4v) is 4.70. The Hall–Kier alpha value is -0.860. The van der Waals surface area contributed by atoms with E-state index in [0.29, 0.717) is 12.6 Å². The summed E-state index contributed by atoms with van der Waals surface area (Å²) in [5, 5.41) is 16.7. The highest BCUT2D eigenvalue weighted by atomic mass is 127. The van der Waals surface area contributed by atoms with Gasteiger partial charge in [0.05, 0.1) is 12.6 Å². The van der Waals surface area contributed by atoms with E-state index in [1.165, 1.54) is 36.8 Å². The number of nitrogens with zero attached hydrogens (tertiary/aromatic N) is 2. The van der Waals surface area contributed by atoms with Crippen LogP contribution in [0, 0.1) is 11.8 Å². The second-order valence-electron chi connectivity index (χ2n) is 9.52. The Labute approximate surface area is 206 Å². The monoisotopic (exact) mass is 542 g/mol. The lowest BCUT2D eigenvalue weighted by molar-refractivity contribution is 0.0792. The fourth-order valence-electron chi connectivity index (χ4n) is 4.70. The predicted octanol–water partition coefficient (Wildman–Crippen LogP) is 4.53. The van der Waals surface area contributed by atoms with E-state index in [1.807, 2.05) is 0 Å². The highest BCUT2D eigenvalue weighted by molar-refractivity contribution is 14.0. The number of hydrogen-bond donors (Lipinski definition) is 3. The van der Waals surface area contributed by atoms with Crippen LogP contribution in [0.2, 0.25) is 0 Å². The summed E-state index contributed by atoms with van der Waals surface area (Å²) in [6.45, 7) is 11.4. The Morgan fingerprint density at radius 1 is 1.03 bits per heavy atom. The zero-order chi connectivity index (χ0) is 21.3. The van der Waals surface area contributed by atoms with Gasteiger partial charge in [-0.05, 0) is 68.4 Å².